The van der Waals surface area contributed by atoms with Crippen molar-refractivity contribution in [1.29, 1.82) is 0 Å². The summed E-state index contributed by atoms with van der Waals surface area (Å²) in [7, 11) is -1.77. The van der Waals surface area contributed by atoms with E-state index in [1.807, 2.05) is 19.6 Å². The number of hydrogen-bond acceptors (Lipinski definition) is 1. The van der Waals surface area contributed by atoms with Crippen LogP contribution in [0.4, 0.5) is 0 Å². The lowest BCUT2D eigenvalue weighted by Crippen LogP contribution is -2.29. The number of rotatable bonds is 2. The Hall–Kier alpha value is 0.397. The van der Waals surface area contributed by atoms with E-state index in [1.54, 1.807) is 0 Å². The summed E-state index contributed by atoms with van der Waals surface area (Å²) >= 11 is 23.7. The Kier molecular flexibility index (Phi) is 4.24. The van der Waals surface area contributed by atoms with Gasteiger partial charge in [0.25, 0.3) is 0 Å². The topological polar surface area (TPSA) is 9.23 Å². The molecule has 0 fully saturated rings. The fourth-order valence-electron chi connectivity index (χ4n) is 0.949. The van der Waals surface area contributed by atoms with Gasteiger partial charge in [-0.15, -0.1) is 0 Å². The first-order chi connectivity index (χ1) is 6.72. The molecule has 1 aromatic rings. The van der Waals surface area contributed by atoms with Gasteiger partial charge >= 0.3 is 0 Å². The molecule has 0 N–H and O–H groups in total. The van der Waals surface area contributed by atoms with Crippen LogP contribution in [0.3, 0.4) is 0 Å². The fourth-order valence-corrected chi connectivity index (χ4v) is 2.88. The van der Waals surface area contributed by atoms with Crippen LogP contribution >= 0.6 is 46.4 Å². The van der Waals surface area contributed by atoms with Gasteiger partial charge in [0.05, 0.1) is 15.1 Å². The minimum Gasteiger partial charge on any atom is -0.542 e. The lowest BCUT2D eigenvalue weighted by Gasteiger charge is -2.21. The standard InChI is InChI=1S/C9H10Cl4OSi/c1-15(2,3)14-9-6(11)4-5(10)7(12)8(9)13/h4H,1-3H3. The summed E-state index contributed by atoms with van der Waals surface area (Å²) in [6.45, 7) is 6.09. The molecule has 6 heteroatoms. The van der Waals surface area contributed by atoms with Crippen molar-refractivity contribution in [2.24, 2.45) is 0 Å². The predicted octanol–water partition coefficient (Wildman–Crippen LogP) is 5.51. The van der Waals surface area contributed by atoms with Crippen LogP contribution in [0.2, 0.25) is 39.7 Å². The molecule has 84 valence electrons. The minimum absolute atomic E-state index is 0.274. The maximum absolute atomic E-state index is 6.01. The van der Waals surface area contributed by atoms with Gasteiger partial charge in [0, 0.05) is 0 Å². The van der Waals surface area contributed by atoms with Gasteiger partial charge in [-0.05, 0) is 25.7 Å². The summed E-state index contributed by atoms with van der Waals surface area (Å²) in [6, 6.07) is 1.53. The molecule has 0 aliphatic carbocycles. The quantitative estimate of drug-likeness (QED) is 0.397. The Labute approximate surface area is 110 Å². The minimum atomic E-state index is -1.77. The Morgan fingerprint density at radius 3 is 1.93 bits per heavy atom. The molecule has 1 nitrogen and oxygen atoms in total. The van der Waals surface area contributed by atoms with Crippen LogP contribution in [0.5, 0.6) is 5.75 Å². The Morgan fingerprint density at radius 2 is 1.47 bits per heavy atom. The average Bonchev–Trinajstić information content (AvgIpc) is 2.07. The summed E-state index contributed by atoms with van der Waals surface area (Å²) in [5.74, 6) is 0.423. The number of hydrogen-bond donors (Lipinski definition) is 0. The Bertz CT molecular complexity index is 387. The molecule has 0 saturated heterocycles. The highest BCUT2D eigenvalue weighted by molar-refractivity contribution is 6.70. The van der Waals surface area contributed by atoms with Gasteiger partial charge in [0.15, 0.2) is 0 Å². The zero-order valence-electron chi connectivity index (χ0n) is 8.50. The van der Waals surface area contributed by atoms with Gasteiger partial charge in [-0.25, -0.2) is 0 Å². The van der Waals surface area contributed by atoms with Crippen molar-refractivity contribution in [2.75, 3.05) is 0 Å². The smallest absolute Gasteiger partial charge is 0.242 e. The second-order valence-corrected chi connectivity index (χ2v) is 10.0. The van der Waals surface area contributed by atoms with Crippen molar-refractivity contribution in [3.63, 3.8) is 0 Å². The molecule has 15 heavy (non-hydrogen) atoms. The normalized spacial score (nSPS) is 11.7. The van der Waals surface area contributed by atoms with Crippen molar-refractivity contribution < 1.29 is 4.43 Å². The van der Waals surface area contributed by atoms with E-state index in [4.69, 9.17) is 50.8 Å². The maximum atomic E-state index is 6.01. The van der Waals surface area contributed by atoms with E-state index < -0.39 is 8.32 Å². The number of halogens is 4. The SMILES string of the molecule is C[Si](C)(C)Oc1c(Cl)cc(Cl)c(Cl)c1Cl. The molecular weight excluding hydrogens is 294 g/mol. The van der Waals surface area contributed by atoms with Crippen LogP contribution < -0.4 is 4.43 Å². The van der Waals surface area contributed by atoms with Crippen LogP contribution in [0.15, 0.2) is 6.07 Å². The zero-order chi connectivity index (χ0) is 11.8. The van der Waals surface area contributed by atoms with E-state index in [0.717, 1.165) is 0 Å². The van der Waals surface area contributed by atoms with Gasteiger partial charge in [0.1, 0.15) is 10.8 Å². The van der Waals surface area contributed by atoms with Crippen LogP contribution in [0, 0.1) is 0 Å². The van der Waals surface area contributed by atoms with Crippen LogP contribution in [-0.2, 0) is 0 Å². The van der Waals surface area contributed by atoms with Gasteiger partial charge in [-0.3, -0.25) is 0 Å². The Morgan fingerprint density at radius 1 is 0.933 bits per heavy atom. The first-order valence-corrected chi connectivity index (χ1v) is 9.16. The summed E-state index contributed by atoms with van der Waals surface area (Å²) in [5.41, 5.74) is 0. The fraction of sp³-hybridized carbons (Fsp3) is 0.333. The molecule has 0 radical (unpaired) electrons. The molecule has 0 aliphatic heterocycles. The molecule has 0 atom stereocenters. The largest absolute Gasteiger partial charge is 0.542 e. The summed E-state index contributed by atoms with van der Waals surface area (Å²) in [6.07, 6.45) is 0. The van der Waals surface area contributed by atoms with Gasteiger partial charge in [0.2, 0.25) is 8.32 Å². The molecule has 0 spiro atoms. The summed E-state index contributed by atoms with van der Waals surface area (Å²) in [5, 5.41) is 1.26. The van der Waals surface area contributed by atoms with Gasteiger partial charge in [-0.1, -0.05) is 46.4 Å². The van der Waals surface area contributed by atoms with E-state index in [1.165, 1.54) is 6.07 Å². The van der Waals surface area contributed by atoms with Crippen molar-refractivity contribution in [1.82, 2.24) is 0 Å². The molecule has 0 bridgehead atoms. The van der Waals surface area contributed by atoms with E-state index >= 15 is 0 Å². The van der Waals surface area contributed by atoms with Crippen molar-refractivity contribution >= 4 is 54.7 Å². The molecule has 0 amide bonds. The van der Waals surface area contributed by atoms with Crippen molar-refractivity contribution in [2.45, 2.75) is 19.6 Å². The monoisotopic (exact) mass is 302 g/mol. The second-order valence-electron chi connectivity index (χ2n) is 4.01. The molecular formula is C9H10Cl4OSi. The van der Waals surface area contributed by atoms with E-state index in [9.17, 15) is 0 Å². The summed E-state index contributed by atoms with van der Waals surface area (Å²) < 4.78 is 5.73. The first-order valence-electron chi connectivity index (χ1n) is 4.24. The van der Waals surface area contributed by atoms with E-state index in [2.05, 4.69) is 0 Å². The van der Waals surface area contributed by atoms with Crippen LogP contribution in [-0.4, -0.2) is 8.32 Å². The molecule has 1 rings (SSSR count). The summed E-state index contributed by atoms with van der Waals surface area (Å²) in [4.78, 5) is 0. The number of benzene rings is 1. The van der Waals surface area contributed by atoms with Gasteiger partial charge in [-0.2, -0.15) is 0 Å². The zero-order valence-corrected chi connectivity index (χ0v) is 12.5. The third-order valence-electron chi connectivity index (χ3n) is 1.48. The third kappa shape index (κ3) is 3.43. The maximum Gasteiger partial charge on any atom is 0.242 e. The molecule has 0 saturated carbocycles. The highest BCUT2D eigenvalue weighted by Gasteiger charge is 2.22. The van der Waals surface area contributed by atoms with E-state index in [-0.39, 0.29) is 10.0 Å². The lowest BCUT2D eigenvalue weighted by atomic mass is 10.3. The molecule has 1 aromatic carbocycles. The first kappa shape index (κ1) is 13.5. The van der Waals surface area contributed by atoms with Gasteiger partial charge < -0.3 is 4.43 Å². The van der Waals surface area contributed by atoms with Crippen molar-refractivity contribution in [3.05, 3.63) is 26.2 Å². The predicted molar refractivity (Wildman–Crippen MR) is 70.5 cm³/mol. The second kappa shape index (κ2) is 4.72. The molecule has 0 heterocycles. The lowest BCUT2D eigenvalue weighted by molar-refractivity contribution is 0.558. The third-order valence-corrected chi connectivity index (χ3v) is 3.82. The van der Waals surface area contributed by atoms with E-state index in [0.29, 0.717) is 15.8 Å². The van der Waals surface area contributed by atoms with Crippen LogP contribution in [0.1, 0.15) is 0 Å². The Balaban J connectivity index is 3.24. The highest BCUT2D eigenvalue weighted by Crippen LogP contribution is 2.43. The highest BCUT2D eigenvalue weighted by atomic mass is 35.5. The van der Waals surface area contributed by atoms with Crippen LogP contribution in [0.25, 0.3) is 0 Å². The van der Waals surface area contributed by atoms with Crippen molar-refractivity contribution in [3.8, 4) is 5.75 Å². The average molecular weight is 304 g/mol. The molecule has 0 unspecified atom stereocenters. The molecule has 0 aromatic heterocycles. The molecule has 0 aliphatic rings.